The van der Waals surface area contributed by atoms with Crippen LogP contribution in [0.25, 0.3) is 0 Å². The number of nitrogens with one attached hydrogen (secondary N) is 2. The summed E-state index contributed by atoms with van der Waals surface area (Å²) in [6, 6.07) is 0.253. The molecule has 3 atom stereocenters. The monoisotopic (exact) mass is 252 g/mol. The van der Waals surface area contributed by atoms with Gasteiger partial charge in [0.25, 0.3) is 0 Å². The number of ether oxygens (including phenoxy) is 1. The topological polar surface area (TPSA) is 50.4 Å². The fourth-order valence-electron chi connectivity index (χ4n) is 3.25. The van der Waals surface area contributed by atoms with E-state index in [9.17, 15) is 4.79 Å². The number of hydrogen-bond acceptors (Lipinski definition) is 3. The molecular formula is C14H24N2O2. The minimum Gasteiger partial charge on any atom is -0.376 e. The molecule has 3 aliphatic rings. The van der Waals surface area contributed by atoms with Gasteiger partial charge >= 0.3 is 0 Å². The van der Waals surface area contributed by atoms with Crippen molar-refractivity contribution in [2.75, 3.05) is 19.7 Å². The molecule has 2 heterocycles. The molecule has 2 saturated heterocycles. The van der Waals surface area contributed by atoms with Crippen molar-refractivity contribution in [3.8, 4) is 0 Å². The number of rotatable bonds is 3. The van der Waals surface area contributed by atoms with E-state index >= 15 is 0 Å². The lowest BCUT2D eigenvalue weighted by atomic mass is 9.81. The first-order chi connectivity index (χ1) is 8.69. The van der Waals surface area contributed by atoms with Gasteiger partial charge in [-0.25, -0.2) is 0 Å². The molecule has 4 nitrogen and oxygen atoms in total. The second-order valence-corrected chi connectivity index (χ2v) is 6.38. The quantitative estimate of drug-likeness (QED) is 0.789. The Morgan fingerprint density at radius 1 is 1.39 bits per heavy atom. The number of amides is 1. The Morgan fingerprint density at radius 3 is 2.89 bits per heavy atom. The van der Waals surface area contributed by atoms with E-state index < -0.39 is 0 Å². The molecule has 4 heteroatoms. The molecule has 0 radical (unpaired) electrons. The SMILES string of the molecule is CC1(C(=O)NC2CCOC2C2CC2)CCCNC1. The average molecular weight is 252 g/mol. The fourth-order valence-corrected chi connectivity index (χ4v) is 3.25. The van der Waals surface area contributed by atoms with Crippen LogP contribution in [0.15, 0.2) is 0 Å². The maximum atomic E-state index is 12.5. The molecule has 0 spiro atoms. The van der Waals surface area contributed by atoms with Gasteiger partial charge in [0.2, 0.25) is 5.91 Å². The van der Waals surface area contributed by atoms with Gasteiger partial charge in [0, 0.05) is 13.2 Å². The van der Waals surface area contributed by atoms with Gasteiger partial charge in [0.15, 0.2) is 0 Å². The van der Waals surface area contributed by atoms with Crippen LogP contribution in [0.3, 0.4) is 0 Å². The van der Waals surface area contributed by atoms with E-state index in [0.29, 0.717) is 5.92 Å². The molecule has 0 aromatic carbocycles. The number of carbonyl (C=O) groups is 1. The van der Waals surface area contributed by atoms with Crippen molar-refractivity contribution in [2.45, 2.75) is 51.2 Å². The maximum absolute atomic E-state index is 12.5. The third-order valence-electron chi connectivity index (χ3n) is 4.68. The molecule has 1 saturated carbocycles. The summed E-state index contributed by atoms with van der Waals surface area (Å²) in [5.41, 5.74) is -0.227. The van der Waals surface area contributed by atoms with Gasteiger partial charge in [-0.3, -0.25) is 4.79 Å². The summed E-state index contributed by atoms with van der Waals surface area (Å²) in [5, 5.41) is 6.59. The molecule has 0 bridgehead atoms. The third kappa shape index (κ3) is 2.41. The van der Waals surface area contributed by atoms with E-state index in [1.165, 1.54) is 12.8 Å². The van der Waals surface area contributed by atoms with Gasteiger partial charge in [-0.2, -0.15) is 0 Å². The van der Waals surface area contributed by atoms with Crippen molar-refractivity contribution in [1.82, 2.24) is 10.6 Å². The van der Waals surface area contributed by atoms with Crippen molar-refractivity contribution in [2.24, 2.45) is 11.3 Å². The second-order valence-electron chi connectivity index (χ2n) is 6.38. The smallest absolute Gasteiger partial charge is 0.227 e. The highest BCUT2D eigenvalue weighted by Gasteiger charge is 2.43. The van der Waals surface area contributed by atoms with Crippen LogP contribution in [-0.4, -0.2) is 37.7 Å². The minimum absolute atomic E-state index is 0.218. The summed E-state index contributed by atoms with van der Waals surface area (Å²) >= 11 is 0. The van der Waals surface area contributed by atoms with Crippen LogP contribution in [0.2, 0.25) is 0 Å². The Labute approximate surface area is 109 Å². The summed E-state index contributed by atoms with van der Waals surface area (Å²) < 4.78 is 5.78. The molecular weight excluding hydrogens is 228 g/mol. The van der Waals surface area contributed by atoms with Gasteiger partial charge in [-0.05, 0) is 51.5 Å². The summed E-state index contributed by atoms with van der Waals surface area (Å²) in [4.78, 5) is 12.5. The van der Waals surface area contributed by atoms with Crippen molar-refractivity contribution >= 4 is 5.91 Å². The van der Waals surface area contributed by atoms with Gasteiger partial charge in [0.05, 0.1) is 17.6 Å². The summed E-state index contributed by atoms with van der Waals surface area (Å²) in [5.74, 6) is 0.922. The number of carbonyl (C=O) groups excluding carboxylic acids is 1. The molecule has 18 heavy (non-hydrogen) atoms. The van der Waals surface area contributed by atoms with Crippen LogP contribution < -0.4 is 10.6 Å². The number of piperidine rings is 1. The highest BCUT2D eigenvalue weighted by atomic mass is 16.5. The predicted molar refractivity (Wildman–Crippen MR) is 69.2 cm³/mol. The minimum atomic E-state index is -0.227. The first kappa shape index (κ1) is 12.4. The first-order valence-corrected chi connectivity index (χ1v) is 7.32. The zero-order chi connectivity index (χ0) is 12.6. The van der Waals surface area contributed by atoms with E-state index in [1.54, 1.807) is 0 Å². The maximum Gasteiger partial charge on any atom is 0.227 e. The van der Waals surface area contributed by atoms with Crippen LogP contribution in [-0.2, 0) is 9.53 Å². The zero-order valence-electron chi connectivity index (χ0n) is 11.2. The molecule has 3 rings (SSSR count). The van der Waals surface area contributed by atoms with E-state index in [4.69, 9.17) is 4.74 Å². The van der Waals surface area contributed by atoms with Crippen LogP contribution >= 0.6 is 0 Å². The van der Waals surface area contributed by atoms with E-state index in [0.717, 1.165) is 39.0 Å². The second kappa shape index (κ2) is 4.82. The molecule has 102 valence electrons. The summed E-state index contributed by atoms with van der Waals surface area (Å²) in [6.45, 7) is 4.73. The van der Waals surface area contributed by atoms with E-state index in [1.807, 2.05) is 0 Å². The lowest BCUT2D eigenvalue weighted by Crippen LogP contribution is -2.52. The molecule has 0 aromatic rings. The number of hydrogen-bond donors (Lipinski definition) is 2. The van der Waals surface area contributed by atoms with Crippen molar-refractivity contribution in [3.63, 3.8) is 0 Å². The summed E-state index contributed by atoms with van der Waals surface area (Å²) in [7, 11) is 0. The molecule has 1 aliphatic carbocycles. The largest absolute Gasteiger partial charge is 0.376 e. The molecule has 1 amide bonds. The fraction of sp³-hybridized carbons (Fsp3) is 0.929. The van der Waals surface area contributed by atoms with Crippen LogP contribution in [0.4, 0.5) is 0 Å². The van der Waals surface area contributed by atoms with Crippen LogP contribution in [0.5, 0.6) is 0 Å². The lowest BCUT2D eigenvalue weighted by molar-refractivity contribution is -0.132. The average Bonchev–Trinajstić information content (AvgIpc) is 3.11. The lowest BCUT2D eigenvalue weighted by Gasteiger charge is -2.34. The van der Waals surface area contributed by atoms with Gasteiger partial charge < -0.3 is 15.4 Å². The standard InChI is InChI=1S/C14H24N2O2/c1-14(6-2-7-15-9-14)13(17)16-11-5-8-18-12(11)10-3-4-10/h10-12,15H,2-9H2,1H3,(H,16,17). The van der Waals surface area contributed by atoms with Crippen molar-refractivity contribution < 1.29 is 9.53 Å². The highest BCUT2D eigenvalue weighted by Crippen LogP contribution is 2.39. The summed E-state index contributed by atoms with van der Waals surface area (Å²) in [6.07, 6.45) is 5.90. The van der Waals surface area contributed by atoms with Gasteiger partial charge in [0.1, 0.15) is 0 Å². The van der Waals surface area contributed by atoms with Gasteiger partial charge in [-0.1, -0.05) is 0 Å². The molecule has 3 unspecified atom stereocenters. The van der Waals surface area contributed by atoms with Crippen LogP contribution in [0, 0.1) is 11.3 Å². The Kier molecular flexibility index (Phi) is 3.32. The van der Waals surface area contributed by atoms with Crippen molar-refractivity contribution in [3.05, 3.63) is 0 Å². The van der Waals surface area contributed by atoms with Gasteiger partial charge in [-0.15, -0.1) is 0 Å². The Hall–Kier alpha value is -0.610. The van der Waals surface area contributed by atoms with E-state index in [2.05, 4.69) is 17.6 Å². The predicted octanol–water partition coefficient (Wildman–Crippen LogP) is 1.06. The van der Waals surface area contributed by atoms with Crippen molar-refractivity contribution in [1.29, 1.82) is 0 Å². The molecule has 0 aromatic heterocycles. The normalized spacial score (nSPS) is 40.7. The Balaban J connectivity index is 1.59. The molecule has 2 N–H and O–H groups in total. The zero-order valence-corrected chi connectivity index (χ0v) is 11.2. The Morgan fingerprint density at radius 2 is 2.22 bits per heavy atom. The van der Waals surface area contributed by atoms with E-state index in [-0.39, 0.29) is 23.5 Å². The molecule has 3 fully saturated rings. The Bertz CT molecular complexity index is 322. The third-order valence-corrected chi connectivity index (χ3v) is 4.68. The molecule has 2 aliphatic heterocycles. The highest BCUT2D eigenvalue weighted by molar-refractivity contribution is 5.83. The van der Waals surface area contributed by atoms with Crippen LogP contribution in [0.1, 0.15) is 39.0 Å². The first-order valence-electron chi connectivity index (χ1n) is 7.32.